The van der Waals surface area contributed by atoms with Crippen molar-refractivity contribution in [3.8, 4) is 6.07 Å². The highest BCUT2D eigenvalue weighted by Crippen LogP contribution is 2.35. The first-order valence-corrected chi connectivity index (χ1v) is 5.14. The van der Waals surface area contributed by atoms with Crippen LogP contribution in [0.15, 0.2) is 29.8 Å². The van der Waals surface area contributed by atoms with E-state index in [0.717, 1.165) is 12.0 Å². The number of nitrogens with zero attached hydrogens (tertiary/aromatic N) is 1. The van der Waals surface area contributed by atoms with Gasteiger partial charge in [0.25, 0.3) is 0 Å². The maximum atomic E-state index is 8.66. The first kappa shape index (κ1) is 9.95. The van der Waals surface area contributed by atoms with E-state index in [4.69, 9.17) is 11.0 Å². The van der Waals surface area contributed by atoms with Gasteiger partial charge in [0, 0.05) is 6.04 Å². The van der Waals surface area contributed by atoms with E-state index in [1.807, 2.05) is 24.3 Å². The van der Waals surface area contributed by atoms with Crippen molar-refractivity contribution in [3.05, 3.63) is 41.0 Å². The van der Waals surface area contributed by atoms with Crippen LogP contribution in [0.4, 0.5) is 0 Å². The summed E-state index contributed by atoms with van der Waals surface area (Å²) in [5.74, 6) is 0.570. The SMILES string of the molecule is CC(=Cc1ccc(C#N)cc1)C1CC1N. The fourth-order valence-corrected chi connectivity index (χ4v) is 1.76. The predicted octanol–water partition coefficient (Wildman–Crippen LogP) is 2.31. The monoisotopic (exact) mass is 198 g/mol. The predicted molar refractivity (Wildman–Crippen MR) is 60.9 cm³/mol. The molecule has 2 atom stereocenters. The lowest BCUT2D eigenvalue weighted by molar-refractivity contribution is 0.924. The number of rotatable bonds is 2. The summed E-state index contributed by atoms with van der Waals surface area (Å²) < 4.78 is 0. The first-order chi connectivity index (χ1) is 7.20. The van der Waals surface area contributed by atoms with Gasteiger partial charge in [0.2, 0.25) is 0 Å². The standard InChI is InChI=1S/C13H14N2/c1-9(12-7-13(12)15)6-10-2-4-11(8-14)5-3-10/h2-6,12-13H,7,15H2,1H3. The summed E-state index contributed by atoms with van der Waals surface area (Å²) in [6, 6.07) is 10.1. The minimum atomic E-state index is 0.361. The van der Waals surface area contributed by atoms with Crippen LogP contribution in [-0.4, -0.2) is 6.04 Å². The number of nitriles is 1. The second-order valence-electron chi connectivity index (χ2n) is 4.13. The molecule has 15 heavy (non-hydrogen) atoms. The van der Waals surface area contributed by atoms with E-state index in [1.54, 1.807) is 0 Å². The van der Waals surface area contributed by atoms with Gasteiger partial charge in [-0.2, -0.15) is 5.26 Å². The molecule has 2 nitrogen and oxygen atoms in total. The molecule has 1 aliphatic rings. The zero-order chi connectivity index (χ0) is 10.8. The van der Waals surface area contributed by atoms with Crippen LogP contribution in [-0.2, 0) is 0 Å². The molecular weight excluding hydrogens is 184 g/mol. The molecule has 0 aromatic heterocycles. The average molecular weight is 198 g/mol. The van der Waals surface area contributed by atoms with Gasteiger partial charge in [-0.15, -0.1) is 0 Å². The van der Waals surface area contributed by atoms with Crippen molar-refractivity contribution in [2.24, 2.45) is 11.7 Å². The minimum absolute atomic E-state index is 0.361. The summed E-state index contributed by atoms with van der Waals surface area (Å²) in [6.45, 7) is 2.12. The molecule has 1 fully saturated rings. The molecule has 0 bridgehead atoms. The van der Waals surface area contributed by atoms with Crippen LogP contribution in [0.25, 0.3) is 6.08 Å². The van der Waals surface area contributed by atoms with Gasteiger partial charge in [-0.05, 0) is 37.0 Å². The van der Waals surface area contributed by atoms with E-state index in [1.165, 1.54) is 5.57 Å². The van der Waals surface area contributed by atoms with Crippen molar-refractivity contribution in [3.63, 3.8) is 0 Å². The molecule has 2 N–H and O–H groups in total. The molecule has 0 heterocycles. The van der Waals surface area contributed by atoms with Crippen LogP contribution in [0.2, 0.25) is 0 Å². The second kappa shape index (κ2) is 3.88. The lowest BCUT2D eigenvalue weighted by atomic mass is 10.1. The van der Waals surface area contributed by atoms with Crippen LogP contribution in [0.1, 0.15) is 24.5 Å². The number of benzene rings is 1. The van der Waals surface area contributed by atoms with Crippen molar-refractivity contribution in [2.75, 3.05) is 0 Å². The Labute approximate surface area is 90.0 Å². The number of hydrogen-bond acceptors (Lipinski definition) is 2. The highest BCUT2D eigenvalue weighted by molar-refractivity contribution is 5.55. The Morgan fingerprint density at radius 2 is 2.07 bits per heavy atom. The summed E-state index contributed by atoms with van der Waals surface area (Å²) in [4.78, 5) is 0. The molecule has 0 aliphatic heterocycles. The second-order valence-corrected chi connectivity index (χ2v) is 4.13. The third-order valence-electron chi connectivity index (χ3n) is 2.86. The number of nitrogens with two attached hydrogens (primary N) is 1. The van der Waals surface area contributed by atoms with Gasteiger partial charge >= 0.3 is 0 Å². The first-order valence-electron chi connectivity index (χ1n) is 5.14. The zero-order valence-electron chi connectivity index (χ0n) is 8.77. The maximum Gasteiger partial charge on any atom is 0.0991 e. The molecule has 0 amide bonds. The Morgan fingerprint density at radius 3 is 2.53 bits per heavy atom. The summed E-state index contributed by atoms with van der Waals surface area (Å²) in [5, 5.41) is 8.66. The fourth-order valence-electron chi connectivity index (χ4n) is 1.76. The van der Waals surface area contributed by atoms with Crippen LogP contribution >= 0.6 is 0 Å². The van der Waals surface area contributed by atoms with Gasteiger partial charge in [0.1, 0.15) is 0 Å². The zero-order valence-corrected chi connectivity index (χ0v) is 8.77. The molecule has 1 aliphatic carbocycles. The molecule has 1 aromatic rings. The highest BCUT2D eigenvalue weighted by Gasteiger charge is 2.34. The lowest BCUT2D eigenvalue weighted by Gasteiger charge is -1.99. The quantitative estimate of drug-likeness (QED) is 0.792. The van der Waals surface area contributed by atoms with Crippen LogP contribution in [0.5, 0.6) is 0 Å². The Kier molecular flexibility index (Phi) is 2.57. The van der Waals surface area contributed by atoms with E-state index in [2.05, 4.69) is 19.1 Å². The molecule has 2 unspecified atom stereocenters. The topological polar surface area (TPSA) is 49.8 Å². The third kappa shape index (κ3) is 2.26. The molecule has 1 aromatic carbocycles. The molecule has 0 radical (unpaired) electrons. The molecule has 2 rings (SSSR count). The Bertz CT molecular complexity index is 423. The van der Waals surface area contributed by atoms with Crippen molar-refractivity contribution in [2.45, 2.75) is 19.4 Å². The lowest BCUT2D eigenvalue weighted by Crippen LogP contribution is -2.02. The van der Waals surface area contributed by atoms with E-state index >= 15 is 0 Å². The minimum Gasteiger partial charge on any atom is -0.327 e. The molecule has 2 heteroatoms. The third-order valence-corrected chi connectivity index (χ3v) is 2.86. The van der Waals surface area contributed by atoms with E-state index in [9.17, 15) is 0 Å². The highest BCUT2D eigenvalue weighted by atomic mass is 14.7. The largest absolute Gasteiger partial charge is 0.327 e. The Balaban J connectivity index is 2.14. The van der Waals surface area contributed by atoms with E-state index in [-0.39, 0.29) is 0 Å². The Morgan fingerprint density at radius 1 is 1.47 bits per heavy atom. The van der Waals surface area contributed by atoms with E-state index < -0.39 is 0 Å². The van der Waals surface area contributed by atoms with Crippen molar-refractivity contribution < 1.29 is 0 Å². The number of hydrogen-bond donors (Lipinski definition) is 1. The summed E-state index contributed by atoms with van der Waals surface area (Å²) >= 11 is 0. The van der Waals surface area contributed by atoms with Gasteiger partial charge in [-0.3, -0.25) is 0 Å². The van der Waals surface area contributed by atoms with Gasteiger partial charge in [-0.1, -0.05) is 23.8 Å². The van der Waals surface area contributed by atoms with Crippen LogP contribution < -0.4 is 5.73 Å². The molecule has 0 saturated heterocycles. The maximum absolute atomic E-state index is 8.66. The Hall–Kier alpha value is -1.59. The van der Waals surface area contributed by atoms with Gasteiger partial charge < -0.3 is 5.73 Å². The van der Waals surface area contributed by atoms with Crippen molar-refractivity contribution >= 4 is 6.08 Å². The molecule has 1 saturated carbocycles. The smallest absolute Gasteiger partial charge is 0.0991 e. The van der Waals surface area contributed by atoms with Gasteiger partial charge in [-0.25, -0.2) is 0 Å². The van der Waals surface area contributed by atoms with Gasteiger partial charge in [0.15, 0.2) is 0 Å². The van der Waals surface area contributed by atoms with Crippen LogP contribution in [0.3, 0.4) is 0 Å². The molecule has 0 spiro atoms. The van der Waals surface area contributed by atoms with E-state index in [0.29, 0.717) is 17.5 Å². The summed E-state index contributed by atoms with van der Waals surface area (Å²) in [7, 11) is 0. The van der Waals surface area contributed by atoms with Crippen molar-refractivity contribution in [1.29, 1.82) is 5.26 Å². The normalized spacial score (nSPS) is 24.7. The van der Waals surface area contributed by atoms with Gasteiger partial charge in [0.05, 0.1) is 11.6 Å². The van der Waals surface area contributed by atoms with Crippen LogP contribution in [0, 0.1) is 17.2 Å². The average Bonchev–Trinajstić information content (AvgIpc) is 2.97. The summed E-state index contributed by atoms with van der Waals surface area (Å²) in [6.07, 6.45) is 3.26. The fraction of sp³-hybridized carbons (Fsp3) is 0.308. The van der Waals surface area contributed by atoms with Crippen molar-refractivity contribution in [1.82, 2.24) is 0 Å². The molecular formula is C13H14N2. The molecule has 76 valence electrons. The summed E-state index contributed by atoms with van der Waals surface area (Å²) in [5.41, 5.74) is 8.97.